The summed E-state index contributed by atoms with van der Waals surface area (Å²) < 4.78 is 7.47. The van der Waals surface area contributed by atoms with Gasteiger partial charge in [-0.15, -0.1) is 11.3 Å². The number of benzene rings is 1. The quantitative estimate of drug-likeness (QED) is 0.537. The van der Waals surface area contributed by atoms with E-state index >= 15 is 0 Å². The van der Waals surface area contributed by atoms with Crippen LogP contribution >= 0.6 is 23.1 Å². The van der Waals surface area contributed by atoms with Gasteiger partial charge >= 0.3 is 0 Å². The smallest absolute Gasteiger partial charge is 0.267 e. The van der Waals surface area contributed by atoms with E-state index in [2.05, 4.69) is 0 Å². The molecule has 1 amide bonds. The summed E-state index contributed by atoms with van der Waals surface area (Å²) in [5.41, 5.74) is 6.61. The highest BCUT2D eigenvalue weighted by molar-refractivity contribution is 7.99. The number of rotatable bonds is 4. The molecule has 0 fully saturated rings. The van der Waals surface area contributed by atoms with E-state index in [4.69, 9.17) is 15.5 Å². The van der Waals surface area contributed by atoms with Crippen LogP contribution in [-0.2, 0) is 22.6 Å². The number of carbonyl (C=O) groups is 1. The van der Waals surface area contributed by atoms with Gasteiger partial charge in [0, 0.05) is 11.3 Å². The Morgan fingerprint density at radius 2 is 2.11 bits per heavy atom. The molecular formula is C19H19N3O3S2. The summed E-state index contributed by atoms with van der Waals surface area (Å²) in [5.74, 6) is -0.388. The molecule has 0 bridgehead atoms. The number of amides is 1. The Kier molecular flexibility index (Phi) is 4.57. The third-order valence-corrected chi connectivity index (χ3v) is 6.49. The maximum absolute atomic E-state index is 13.5. The third-order valence-electron chi connectivity index (χ3n) is 4.43. The number of primary amides is 1. The summed E-state index contributed by atoms with van der Waals surface area (Å²) in [7, 11) is 0. The molecule has 2 N–H and O–H groups in total. The van der Waals surface area contributed by atoms with Gasteiger partial charge in [0.15, 0.2) is 5.16 Å². The Labute approximate surface area is 164 Å². The molecule has 4 rings (SSSR count). The molecule has 8 heteroatoms. The van der Waals surface area contributed by atoms with Crippen molar-refractivity contribution in [3.63, 3.8) is 0 Å². The molecule has 0 saturated heterocycles. The molecule has 3 heterocycles. The van der Waals surface area contributed by atoms with Crippen LogP contribution in [0.1, 0.15) is 24.3 Å². The van der Waals surface area contributed by atoms with Gasteiger partial charge < -0.3 is 10.5 Å². The highest BCUT2D eigenvalue weighted by Gasteiger charge is 2.31. The van der Waals surface area contributed by atoms with E-state index in [0.717, 1.165) is 16.1 Å². The van der Waals surface area contributed by atoms with E-state index in [0.29, 0.717) is 28.4 Å². The van der Waals surface area contributed by atoms with E-state index < -0.39 is 5.91 Å². The normalized spacial score (nSPS) is 15.6. The molecule has 1 aliphatic rings. The molecule has 1 aromatic carbocycles. The zero-order chi connectivity index (χ0) is 19.2. The first-order valence-corrected chi connectivity index (χ1v) is 10.3. The van der Waals surface area contributed by atoms with Gasteiger partial charge in [-0.2, -0.15) is 0 Å². The van der Waals surface area contributed by atoms with Crippen LogP contribution in [0.5, 0.6) is 0 Å². The maximum Gasteiger partial charge on any atom is 0.267 e. The van der Waals surface area contributed by atoms with Gasteiger partial charge in [-0.1, -0.05) is 30.0 Å². The van der Waals surface area contributed by atoms with Crippen molar-refractivity contribution in [3.8, 4) is 5.69 Å². The molecule has 0 radical (unpaired) electrons. The molecule has 27 heavy (non-hydrogen) atoms. The van der Waals surface area contributed by atoms with E-state index in [9.17, 15) is 9.59 Å². The molecule has 0 atom stereocenters. The number of para-hydroxylation sites is 1. The minimum Gasteiger partial charge on any atom is -0.370 e. The highest BCUT2D eigenvalue weighted by Crippen LogP contribution is 2.37. The van der Waals surface area contributed by atoms with Crippen LogP contribution in [0.15, 0.2) is 40.3 Å². The van der Waals surface area contributed by atoms with Crippen molar-refractivity contribution in [2.24, 2.45) is 5.73 Å². The first kappa shape index (κ1) is 18.2. The first-order chi connectivity index (χ1) is 12.9. The van der Waals surface area contributed by atoms with Gasteiger partial charge in [-0.25, -0.2) is 4.98 Å². The number of ether oxygens (including phenoxy) is 1. The van der Waals surface area contributed by atoms with Crippen LogP contribution in [0.2, 0.25) is 0 Å². The summed E-state index contributed by atoms with van der Waals surface area (Å²) in [6, 6.07) is 9.34. The lowest BCUT2D eigenvalue weighted by Gasteiger charge is -2.29. The Morgan fingerprint density at radius 1 is 1.37 bits per heavy atom. The topological polar surface area (TPSA) is 87.2 Å². The zero-order valence-corrected chi connectivity index (χ0v) is 16.7. The summed E-state index contributed by atoms with van der Waals surface area (Å²) in [4.78, 5) is 31.2. The summed E-state index contributed by atoms with van der Waals surface area (Å²) >= 11 is 2.67. The monoisotopic (exact) mass is 401 g/mol. The van der Waals surface area contributed by atoms with Gasteiger partial charge in [0.1, 0.15) is 4.83 Å². The highest BCUT2D eigenvalue weighted by atomic mass is 32.2. The minimum absolute atomic E-state index is 0.0615. The third kappa shape index (κ3) is 3.40. The van der Waals surface area contributed by atoms with Gasteiger partial charge in [-0.3, -0.25) is 14.2 Å². The Bertz CT molecular complexity index is 1090. The molecule has 140 valence electrons. The lowest BCUT2D eigenvalue weighted by atomic mass is 9.94. The lowest BCUT2D eigenvalue weighted by Crippen LogP contribution is -2.32. The second-order valence-corrected chi connectivity index (χ2v) is 9.06. The van der Waals surface area contributed by atoms with Crippen molar-refractivity contribution in [2.45, 2.75) is 37.6 Å². The second-order valence-electron chi connectivity index (χ2n) is 7.03. The zero-order valence-electron chi connectivity index (χ0n) is 15.0. The molecule has 2 aromatic heterocycles. The number of fused-ring (bicyclic) bond motifs is 3. The number of nitrogens with zero attached hydrogens (tertiary/aromatic N) is 2. The Hall–Kier alpha value is -2.16. The number of nitrogens with two attached hydrogens (primary N) is 1. The van der Waals surface area contributed by atoms with Crippen molar-refractivity contribution in [2.75, 3.05) is 5.75 Å². The van der Waals surface area contributed by atoms with Crippen LogP contribution in [0.4, 0.5) is 0 Å². The summed E-state index contributed by atoms with van der Waals surface area (Å²) in [6.07, 6.45) is 0.668. The predicted octanol–water partition coefficient (Wildman–Crippen LogP) is 2.88. The van der Waals surface area contributed by atoms with Crippen molar-refractivity contribution in [1.29, 1.82) is 0 Å². The molecule has 0 saturated carbocycles. The standard InChI is InChI=1S/C19H19N3O3S2/c1-19(2)8-12-13(9-25-19)27-16-15(12)17(24)22(11-6-4-3-5-7-11)18(21-16)26-10-14(20)23/h3-7H,8-10H2,1-2H3,(H2,20,23). The Morgan fingerprint density at radius 3 is 2.81 bits per heavy atom. The molecule has 0 spiro atoms. The maximum atomic E-state index is 13.5. The first-order valence-electron chi connectivity index (χ1n) is 8.53. The number of hydrogen-bond donors (Lipinski definition) is 1. The molecule has 1 aliphatic heterocycles. The molecule has 0 aliphatic carbocycles. The van der Waals surface area contributed by atoms with Gasteiger partial charge in [-0.05, 0) is 31.5 Å². The Balaban J connectivity index is 1.97. The van der Waals surface area contributed by atoms with Crippen molar-refractivity contribution >= 4 is 39.2 Å². The lowest BCUT2D eigenvalue weighted by molar-refractivity contribution is -0.115. The summed E-state index contributed by atoms with van der Waals surface area (Å²) in [6.45, 7) is 4.54. The number of thioether (sulfide) groups is 1. The largest absolute Gasteiger partial charge is 0.370 e. The number of thiophene rings is 1. The SMILES string of the molecule is CC1(C)Cc2c(sc3nc(SCC(N)=O)n(-c4ccccc4)c(=O)c23)CO1. The van der Waals surface area contributed by atoms with Crippen LogP contribution in [0.3, 0.4) is 0 Å². The molecule has 0 unspecified atom stereocenters. The van der Waals surface area contributed by atoms with E-state index in [1.807, 2.05) is 44.2 Å². The number of carbonyl (C=O) groups excluding carboxylic acids is 1. The van der Waals surface area contributed by atoms with Crippen molar-refractivity contribution < 1.29 is 9.53 Å². The van der Waals surface area contributed by atoms with E-state index in [1.54, 1.807) is 4.57 Å². The van der Waals surface area contributed by atoms with Crippen LogP contribution in [0, 0.1) is 0 Å². The number of aromatic nitrogens is 2. The van der Waals surface area contributed by atoms with E-state index in [-0.39, 0.29) is 16.9 Å². The fourth-order valence-corrected chi connectivity index (χ4v) is 5.11. The average molecular weight is 402 g/mol. The fraction of sp³-hybridized carbons (Fsp3) is 0.316. The molecule has 6 nitrogen and oxygen atoms in total. The van der Waals surface area contributed by atoms with Crippen LogP contribution < -0.4 is 11.3 Å². The van der Waals surface area contributed by atoms with Crippen LogP contribution in [0.25, 0.3) is 15.9 Å². The summed E-state index contributed by atoms with van der Waals surface area (Å²) in [5, 5.41) is 1.12. The number of hydrogen-bond acceptors (Lipinski definition) is 6. The van der Waals surface area contributed by atoms with E-state index in [1.165, 1.54) is 23.1 Å². The van der Waals surface area contributed by atoms with Gasteiger partial charge in [0.2, 0.25) is 5.91 Å². The molecular weight excluding hydrogens is 382 g/mol. The van der Waals surface area contributed by atoms with Gasteiger partial charge in [0.25, 0.3) is 5.56 Å². The fourth-order valence-electron chi connectivity index (χ4n) is 3.21. The van der Waals surface area contributed by atoms with Gasteiger partial charge in [0.05, 0.1) is 29.0 Å². The predicted molar refractivity (Wildman–Crippen MR) is 108 cm³/mol. The average Bonchev–Trinajstić information content (AvgIpc) is 2.97. The van der Waals surface area contributed by atoms with Crippen molar-refractivity contribution in [3.05, 3.63) is 51.1 Å². The minimum atomic E-state index is -0.449. The molecule has 3 aromatic rings. The van der Waals surface area contributed by atoms with Crippen LogP contribution in [-0.4, -0.2) is 26.8 Å². The van der Waals surface area contributed by atoms with Crippen molar-refractivity contribution in [1.82, 2.24) is 9.55 Å². The second kappa shape index (κ2) is 6.78.